The van der Waals surface area contributed by atoms with Crippen LogP contribution in [0.1, 0.15) is 26.5 Å². The molecule has 4 nitrogen and oxygen atoms in total. The summed E-state index contributed by atoms with van der Waals surface area (Å²) < 4.78 is 1.79. The van der Waals surface area contributed by atoms with E-state index in [2.05, 4.69) is 42.9 Å². The van der Waals surface area contributed by atoms with Crippen molar-refractivity contribution in [3.8, 4) is 5.69 Å². The molecule has 0 saturated carbocycles. The number of hydrogen-bond acceptors (Lipinski definition) is 3. The number of rotatable bonds is 2. The minimum absolute atomic E-state index is 0.00292. The van der Waals surface area contributed by atoms with E-state index in [1.54, 1.807) is 4.68 Å². The Balaban J connectivity index is 2.39. The topological polar surface area (TPSA) is 47.1 Å². The maximum Gasteiger partial charge on any atom is 0.127 e. The average Bonchev–Trinajstić information content (AvgIpc) is 2.71. The normalized spacial score (nSPS) is 11.6. The van der Waals surface area contributed by atoms with Crippen LogP contribution in [-0.2, 0) is 5.41 Å². The van der Waals surface area contributed by atoms with Crippen molar-refractivity contribution in [3.63, 3.8) is 0 Å². The maximum atomic E-state index is 6.06. The monoisotopic (exact) mass is 258 g/mol. The van der Waals surface area contributed by atoms with Gasteiger partial charge in [0.05, 0.1) is 11.4 Å². The van der Waals surface area contributed by atoms with Crippen LogP contribution in [0.25, 0.3) is 5.69 Å². The molecule has 2 rings (SSSR count). The zero-order valence-electron chi connectivity index (χ0n) is 12.3. The van der Waals surface area contributed by atoms with Crippen molar-refractivity contribution >= 4 is 11.5 Å². The molecule has 19 heavy (non-hydrogen) atoms. The molecule has 2 N–H and O–H groups in total. The van der Waals surface area contributed by atoms with Crippen LogP contribution >= 0.6 is 0 Å². The summed E-state index contributed by atoms with van der Waals surface area (Å²) in [5.74, 6) is 0.669. The van der Waals surface area contributed by atoms with E-state index < -0.39 is 0 Å². The SMILES string of the molecule is CN(C)c1ccc(-n2nc(C(C)(C)C)cc2N)cc1. The Bertz CT molecular complexity index is 559. The molecule has 0 unspecified atom stereocenters. The molecule has 0 aliphatic heterocycles. The van der Waals surface area contributed by atoms with Gasteiger partial charge in [0, 0.05) is 31.3 Å². The fourth-order valence-corrected chi connectivity index (χ4v) is 1.86. The van der Waals surface area contributed by atoms with Crippen LogP contribution in [0.15, 0.2) is 30.3 Å². The van der Waals surface area contributed by atoms with Gasteiger partial charge in [-0.1, -0.05) is 20.8 Å². The Hall–Kier alpha value is -1.97. The van der Waals surface area contributed by atoms with Crippen LogP contribution < -0.4 is 10.6 Å². The molecule has 0 bridgehead atoms. The Kier molecular flexibility index (Phi) is 3.27. The zero-order chi connectivity index (χ0) is 14.2. The highest BCUT2D eigenvalue weighted by Crippen LogP contribution is 2.25. The third kappa shape index (κ3) is 2.72. The molecule has 0 atom stereocenters. The second-order valence-corrected chi connectivity index (χ2v) is 6.03. The van der Waals surface area contributed by atoms with Crippen LogP contribution in [0, 0.1) is 0 Å². The molecule has 0 spiro atoms. The minimum atomic E-state index is 0.00292. The predicted molar refractivity (Wildman–Crippen MR) is 81.0 cm³/mol. The molecule has 0 fully saturated rings. The lowest BCUT2D eigenvalue weighted by Crippen LogP contribution is -2.12. The van der Waals surface area contributed by atoms with E-state index in [0.29, 0.717) is 5.82 Å². The third-order valence-electron chi connectivity index (χ3n) is 3.12. The molecule has 0 radical (unpaired) electrons. The molecule has 0 aliphatic carbocycles. The van der Waals surface area contributed by atoms with Crippen molar-refractivity contribution in [2.45, 2.75) is 26.2 Å². The molecular weight excluding hydrogens is 236 g/mol. The second-order valence-electron chi connectivity index (χ2n) is 6.03. The van der Waals surface area contributed by atoms with Crippen molar-refractivity contribution in [2.24, 2.45) is 0 Å². The summed E-state index contributed by atoms with van der Waals surface area (Å²) >= 11 is 0. The van der Waals surface area contributed by atoms with E-state index >= 15 is 0 Å². The average molecular weight is 258 g/mol. The standard InChI is InChI=1S/C15H22N4/c1-15(2,3)13-10-14(16)19(17-13)12-8-6-11(7-9-12)18(4)5/h6-10H,16H2,1-5H3. The summed E-state index contributed by atoms with van der Waals surface area (Å²) in [6.07, 6.45) is 0. The molecule has 0 amide bonds. The van der Waals surface area contributed by atoms with Gasteiger partial charge in [-0.3, -0.25) is 0 Å². The van der Waals surface area contributed by atoms with Gasteiger partial charge < -0.3 is 10.6 Å². The van der Waals surface area contributed by atoms with Gasteiger partial charge in [-0.15, -0.1) is 0 Å². The molecule has 1 aromatic carbocycles. The number of benzene rings is 1. The van der Waals surface area contributed by atoms with E-state index in [1.165, 1.54) is 0 Å². The van der Waals surface area contributed by atoms with Crippen LogP contribution in [0.3, 0.4) is 0 Å². The van der Waals surface area contributed by atoms with Crippen LogP contribution in [-0.4, -0.2) is 23.9 Å². The first-order valence-corrected chi connectivity index (χ1v) is 6.43. The summed E-state index contributed by atoms with van der Waals surface area (Å²) in [6.45, 7) is 6.40. The van der Waals surface area contributed by atoms with Crippen molar-refractivity contribution in [1.29, 1.82) is 0 Å². The zero-order valence-corrected chi connectivity index (χ0v) is 12.3. The molecule has 0 saturated heterocycles. The van der Waals surface area contributed by atoms with Crippen molar-refractivity contribution in [3.05, 3.63) is 36.0 Å². The Morgan fingerprint density at radius 1 is 1.11 bits per heavy atom. The van der Waals surface area contributed by atoms with Crippen LogP contribution in [0.4, 0.5) is 11.5 Å². The number of nitrogens with two attached hydrogens (primary N) is 1. The molecule has 1 heterocycles. The number of nitrogens with zero attached hydrogens (tertiary/aromatic N) is 3. The first-order valence-electron chi connectivity index (χ1n) is 6.43. The molecule has 2 aromatic rings. The van der Waals surface area contributed by atoms with Gasteiger partial charge in [0.1, 0.15) is 5.82 Å². The fraction of sp³-hybridized carbons (Fsp3) is 0.400. The van der Waals surface area contributed by atoms with Gasteiger partial charge in [0.15, 0.2) is 0 Å². The van der Waals surface area contributed by atoms with Gasteiger partial charge >= 0.3 is 0 Å². The predicted octanol–water partition coefficient (Wildman–Crippen LogP) is 2.82. The number of nitrogen functional groups attached to an aromatic ring is 1. The lowest BCUT2D eigenvalue weighted by atomic mass is 9.92. The molecule has 4 heteroatoms. The third-order valence-corrected chi connectivity index (χ3v) is 3.12. The Morgan fingerprint density at radius 2 is 1.68 bits per heavy atom. The van der Waals surface area contributed by atoms with Crippen LogP contribution in [0.5, 0.6) is 0 Å². The highest BCUT2D eigenvalue weighted by atomic mass is 15.3. The fourth-order valence-electron chi connectivity index (χ4n) is 1.86. The summed E-state index contributed by atoms with van der Waals surface area (Å²) in [5.41, 5.74) is 9.21. The van der Waals surface area contributed by atoms with E-state index in [9.17, 15) is 0 Å². The van der Waals surface area contributed by atoms with Gasteiger partial charge in [0.2, 0.25) is 0 Å². The summed E-state index contributed by atoms with van der Waals surface area (Å²) in [7, 11) is 4.05. The van der Waals surface area contributed by atoms with Crippen molar-refractivity contribution < 1.29 is 0 Å². The highest BCUT2D eigenvalue weighted by Gasteiger charge is 2.19. The summed E-state index contributed by atoms with van der Waals surface area (Å²) in [4.78, 5) is 2.07. The van der Waals surface area contributed by atoms with Gasteiger partial charge in [-0.25, -0.2) is 4.68 Å². The van der Waals surface area contributed by atoms with Crippen molar-refractivity contribution in [2.75, 3.05) is 24.7 Å². The van der Waals surface area contributed by atoms with Gasteiger partial charge in [-0.2, -0.15) is 5.10 Å². The molecular formula is C15H22N4. The maximum absolute atomic E-state index is 6.06. The number of anilines is 2. The smallest absolute Gasteiger partial charge is 0.127 e. The van der Waals surface area contributed by atoms with E-state index in [0.717, 1.165) is 17.1 Å². The van der Waals surface area contributed by atoms with E-state index in [-0.39, 0.29) is 5.41 Å². The minimum Gasteiger partial charge on any atom is -0.384 e. The number of aromatic nitrogens is 2. The second kappa shape index (κ2) is 4.61. The first kappa shape index (κ1) is 13.5. The quantitative estimate of drug-likeness (QED) is 0.901. The lowest BCUT2D eigenvalue weighted by molar-refractivity contribution is 0.560. The van der Waals surface area contributed by atoms with E-state index in [1.807, 2.05) is 32.3 Å². The largest absolute Gasteiger partial charge is 0.384 e. The first-order chi connectivity index (χ1) is 8.79. The van der Waals surface area contributed by atoms with Gasteiger partial charge in [0.25, 0.3) is 0 Å². The molecule has 1 aromatic heterocycles. The Labute approximate surface area is 114 Å². The lowest BCUT2D eigenvalue weighted by Gasteiger charge is -2.14. The van der Waals surface area contributed by atoms with Crippen molar-refractivity contribution in [1.82, 2.24) is 9.78 Å². The number of hydrogen-bond donors (Lipinski definition) is 1. The summed E-state index contributed by atoms with van der Waals surface area (Å²) in [6, 6.07) is 10.1. The molecule has 102 valence electrons. The molecule has 0 aliphatic rings. The highest BCUT2D eigenvalue weighted by molar-refractivity contribution is 5.52. The van der Waals surface area contributed by atoms with E-state index in [4.69, 9.17) is 5.73 Å². The summed E-state index contributed by atoms with van der Waals surface area (Å²) in [5, 5.41) is 4.60. The van der Waals surface area contributed by atoms with Gasteiger partial charge in [-0.05, 0) is 24.3 Å². The Morgan fingerprint density at radius 3 is 2.11 bits per heavy atom. The van der Waals surface area contributed by atoms with Crippen LogP contribution in [0.2, 0.25) is 0 Å².